The Balaban J connectivity index is 2.34. The van der Waals surface area contributed by atoms with Gasteiger partial charge in [0.1, 0.15) is 0 Å². The van der Waals surface area contributed by atoms with Crippen LogP contribution in [0.5, 0.6) is 0 Å². The summed E-state index contributed by atoms with van der Waals surface area (Å²) in [5, 5.41) is 3.44. The van der Waals surface area contributed by atoms with E-state index in [4.69, 9.17) is 4.74 Å². The van der Waals surface area contributed by atoms with Crippen molar-refractivity contribution in [3.8, 4) is 0 Å². The van der Waals surface area contributed by atoms with E-state index in [0.29, 0.717) is 18.9 Å². The Morgan fingerprint density at radius 1 is 1.57 bits per heavy atom. The van der Waals surface area contributed by atoms with E-state index in [0.717, 1.165) is 19.4 Å². The van der Waals surface area contributed by atoms with Crippen molar-refractivity contribution in [2.45, 2.75) is 45.6 Å². The Labute approximate surface area is 86.2 Å². The van der Waals surface area contributed by atoms with Crippen molar-refractivity contribution in [2.24, 2.45) is 5.92 Å². The molecular formula is C11H21NO2. The molecule has 1 aliphatic rings. The van der Waals surface area contributed by atoms with Crippen molar-refractivity contribution in [3.63, 3.8) is 0 Å². The van der Waals surface area contributed by atoms with Crippen LogP contribution < -0.4 is 5.32 Å². The lowest BCUT2D eigenvalue weighted by Gasteiger charge is -2.36. The predicted molar refractivity (Wildman–Crippen MR) is 56.1 cm³/mol. The first kappa shape index (κ1) is 11.5. The van der Waals surface area contributed by atoms with Gasteiger partial charge in [-0.25, -0.2) is 0 Å². The summed E-state index contributed by atoms with van der Waals surface area (Å²) in [5.74, 6) is 0.445. The van der Waals surface area contributed by atoms with Crippen LogP contribution in [0.1, 0.15) is 40.0 Å². The van der Waals surface area contributed by atoms with Gasteiger partial charge in [-0.2, -0.15) is 0 Å². The Hall–Kier alpha value is -0.570. The summed E-state index contributed by atoms with van der Waals surface area (Å²) in [6, 6.07) is 0. The first-order valence-electron chi connectivity index (χ1n) is 5.44. The van der Waals surface area contributed by atoms with Crippen LogP contribution in [0, 0.1) is 5.92 Å². The van der Waals surface area contributed by atoms with Crippen LogP contribution in [0.4, 0.5) is 0 Å². The number of ether oxygens (including phenoxy) is 1. The monoisotopic (exact) mass is 199 g/mol. The molecule has 0 amide bonds. The Bertz CT molecular complexity index is 201. The zero-order valence-corrected chi connectivity index (χ0v) is 9.43. The number of esters is 1. The fraction of sp³-hybridized carbons (Fsp3) is 0.909. The maximum absolute atomic E-state index is 11.3. The number of carbonyl (C=O) groups is 1. The van der Waals surface area contributed by atoms with Crippen LogP contribution in [0.15, 0.2) is 0 Å². The van der Waals surface area contributed by atoms with Gasteiger partial charge < -0.3 is 10.1 Å². The molecule has 1 aliphatic heterocycles. The third-order valence-corrected chi connectivity index (χ3v) is 2.72. The third-order valence-electron chi connectivity index (χ3n) is 2.72. The van der Waals surface area contributed by atoms with Gasteiger partial charge in [-0.05, 0) is 46.1 Å². The highest BCUT2D eigenvalue weighted by Gasteiger charge is 2.28. The van der Waals surface area contributed by atoms with Gasteiger partial charge in [0.25, 0.3) is 0 Å². The summed E-state index contributed by atoms with van der Waals surface area (Å²) in [6.07, 6.45) is 2.73. The number of hydrogen-bond donors (Lipinski definition) is 1. The van der Waals surface area contributed by atoms with E-state index < -0.39 is 0 Å². The fourth-order valence-corrected chi connectivity index (χ4v) is 2.14. The second kappa shape index (κ2) is 4.78. The molecule has 0 bridgehead atoms. The average Bonchev–Trinajstić information content (AvgIpc) is 2.02. The maximum Gasteiger partial charge on any atom is 0.306 e. The molecule has 1 atom stereocenters. The number of nitrogens with one attached hydrogen (secondary N) is 1. The van der Waals surface area contributed by atoms with E-state index in [1.165, 1.54) is 0 Å². The molecule has 0 aliphatic carbocycles. The molecule has 0 saturated carbocycles. The highest BCUT2D eigenvalue weighted by atomic mass is 16.5. The number of hydrogen-bond acceptors (Lipinski definition) is 3. The molecule has 1 rings (SSSR count). The van der Waals surface area contributed by atoms with Crippen LogP contribution in [0.2, 0.25) is 0 Å². The smallest absolute Gasteiger partial charge is 0.306 e. The van der Waals surface area contributed by atoms with Gasteiger partial charge in [0.05, 0.1) is 6.61 Å². The van der Waals surface area contributed by atoms with Crippen molar-refractivity contribution in [1.29, 1.82) is 0 Å². The Kier molecular flexibility index (Phi) is 3.93. The molecular weight excluding hydrogens is 178 g/mol. The first-order valence-corrected chi connectivity index (χ1v) is 5.44. The van der Waals surface area contributed by atoms with Crippen LogP contribution >= 0.6 is 0 Å². The zero-order chi connectivity index (χ0) is 10.6. The standard InChI is InChI=1S/C11H21NO2/c1-4-14-10(13)7-9-5-6-12-11(2,3)8-9/h9,12H,4-8H2,1-3H3/t9-/m0/s1. The van der Waals surface area contributed by atoms with E-state index in [1.807, 2.05) is 6.92 Å². The minimum atomic E-state index is -0.0461. The number of carbonyl (C=O) groups excluding carboxylic acids is 1. The summed E-state index contributed by atoms with van der Waals surface area (Å²) in [7, 11) is 0. The molecule has 82 valence electrons. The van der Waals surface area contributed by atoms with Gasteiger partial charge in [0.15, 0.2) is 0 Å². The van der Waals surface area contributed by atoms with Gasteiger partial charge in [-0.3, -0.25) is 4.79 Å². The van der Waals surface area contributed by atoms with E-state index in [-0.39, 0.29) is 11.5 Å². The quantitative estimate of drug-likeness (QED) is 0.703. The lowest BCUT2D eigenvalue weighted by molar-refractivity contribution is -0.144. The third kappa shape index (κ3) is 3.66. The molecule has 3 nitrogen and oxygen atoms in total. The van der Waals surface area contributed by atoms with E-state index in [2.05, 4.69) is 19.2 Å². The lowest BCUT2D eigenvalue weighted by Crippen LogP contribution is -2.46. The van der Waals surface area contributed by atoms with E-state index in [9.17, 15) is 4.79 Å². The van der Waals surface area contributed by atoms with Crippen molar-refractivity contribution in [3.05, 3.63) is 0 Å². The SMILES string of the molecule is CCOC(=O)C[C@@H]1CCNC(C)(C)C1. The second-order valence-corrected chi connectivity index (χ2v) is 4.68. The molecule has 0 unspecified atom stereocenters. The summed E-state index contributed by atoms with van der Waals surface area (Å²) < 4.78 is 4.95. The largest absolute Gasteiger partial charge is 0.466 e. The molecule has 0 aromatic carbocycles. The molecule has 1 N–H and O–H groups in total. The summed E-state index contributed by atoms with van der Waals surface area (Å²) in [5.41, 5.74) is 0.176. The molecule has 1 fully saturated rings. The maximum atomic E-state index is 11.3. The van der Waals surface area contributed by atoms with Gasteiger partial charge in [-0.1, -0.05) is 0 Å². The van der Waals surface area contributed by atoms with Crippen LogP contribution in [0.3, 0.4) is 0 Å². The normalized spacial score (nSPS) is 25.8. The van der Waals surface area contributed by atoms with Gasteiger partial charge in [0.2, 0.25) is 0 Å². The second-order valence-electron chi connectivity index (χ2n) is 4.68. The molecule has 0 radical (unpaired) electrons. The highest BCUT2D eigenvalue weighted by Crippen LogP contribution is 2.26. The topological polar surface area (TPSA) is 38.3 Å². The number of piperidine rings is 1. The van der Waals surface area contributed by atoms with Crippen LogP contribution in [-0.2, 0) is 9.53 Å². The minimum Gasteiger partial charge on any atom is -0.466 e. The molecule has 1 saturated heterocycles. The van der Waals surface area contributed by atoms with Crippen molar-refractivity contribution in [2.75, 3.05) is 13.2 Å². The lowest BCUT2D eigenvalue weighted by atomic mass is 9.83. The summed E-state index contributed by atoms with van der Waals surface area (Å²) in [4.78, 5) is 11.3. The Morgan fingerprint density at radius 3 is 2.86 bits per heavy atom. The zero-order valence-electron chi connectivity index (χ0n) is 9.43. The van der Waals surface area contributed by atoms with E-state index >= 15 is 0 Å². The molecule has 3 heteroatoms. The van der Waals surface area contributed by atoms with Gasteiger partial charge in [-0.15, -0.1) is 0 Å². The molecule has 0 aromatic heterocycles. The van der Waals surface area contributed by atoms with Crippen molar-refractivity contribution in [1.82, 2.24) is 5.32 Å². The van der Waals surface area contributed by atoms with Crippen molar-refractivity contribution < 1.29 is 9.53 Å². The van der Waals surface area contributed by atoms with Crippen LogP contribution in [0.25, 0.3) is 0 Å². The van der Waals surface area contributed by atoms with Gasteiger partial charge >= 0.3 is 5.97 Å². The fourth-order valence-electron chi connectivity index (χ4n) is 2.14. The molecule has 1 heterocycles. The predicted octanol–water partition coefficient (Wildman–Crippen LogP) is 1.72. The number of rotatable bonds is 3. The highest BCUT2D eigenvalue weighted by molar-refractivity contribution is 5.69. The molecule has 0 spiro atoms. The van der Waals surface area contributed by atoms with E-state index in [1.54, 1.807) is 0 Å². The van der Waals surface area contributed by atoms with Crippen molar-refractivity contribution >= 4 is 5.97 Å². The summed E-state index contributed by atoms with van der Waals surface area (Å²) >= 11 is 0. The molecule has 0 aromatic rings. The average molecular weight is 199 g/mol. The minimum absolute atomic E-state index is 0.0461. The Morgan fingerprint density at radius 2 is 2.29 bits per heavy atom. The van der Waals surface area contributed by atoms with Gasteiger partial charge in [0, 0.05) is 12.0 Å². The van der Waals surface area contributed by atoms with Crippen LogP contribution in [-0.4, -0.2) is 24.7 Å². The first-order chi connectivity index (χ1) is 6.53. The summed E-state index contributed by atoms with van der Waals surface area (Å²) in [6.45, 7) is 7.73. The molecule has 14 heavy (non-hydrogen) atoms.